The summed E-state index contributed by atoms with van der Waals surface area (Å²) in [7, 11) is 0. The molecule has 102 valence electrons. The predicted octanol–water partition coefficient (Wildman–Crippen LogP) is 0.363. The van der Waals surface area contributed by atoms with Gasteiger partial charge < -0.3 is 14.9 Å². The van der Waals surface area contributed by atoms with E-state index < -0.39 is 5.54 Å². The van der Waals surface area contributed by atoms with Gasteiger partial charge in [-0.2, -0.15) is 0 Å². The third kappa shape index (κ3) is 2.94. The number of benzene rings is 1. The Morgan fingerprint density at radius 3 is 2.05 bits per heavy atom. The number of halogens is 2. The van der Waals surface area contributed by atoms with Gasteiger partial charge in [0.1, 0.15) is 5.49 Å². The largest absolute Gasteiger partial charge is 1.00 e. The van der Waals surface area contributed by atoms with Crippen LogP contribution in [0.15, 0.2) is 18.2 Å². The summed E-state index contributed by atoms with van der Waals surface area (Å²) in [5.74, 6) is -0.241. The topological polar surface area (TPSA) is 63.1 Å². The summed E-state index contributed by atoms with van der Waals surface area (Å²) < 4.78 is 1.44. The zero-order valence-electron chi connectivity index (χ0n) is 11.8. The van der Waals surface area contributed by atoms with E-state index in [2.05, 4.69) is 5.10 Å². The Bertz CT molecular complexity index is 666. The fraction of sp³-hybridized carbons (Fsp3) is 0.308. The van der Waals surface area contributed by atoms with E-state index >= 15 is 0 Å². The molecule has 20 heavy (non-hydrogen) atoms. The molecule has 0 fully saturated rings. The molecule has 1 heterocycles. The first kappa shape index (κ1) is 17.3. The number of rotatable bonds is 1. The number of aromatic hydroxyl groups is 1. The van der Waals surface area contributed by atoms with Crippen LogP contribution in [-0.4, -0.2) is 9.79 Å². The zero-order chi connectivity index (χ0) is 14.4. The van der Waals surface area contributed by atoms with E-state index in [0.29, 0.717) is 15.6 Å². The average molecular weight is 306 g/mol. The molecular weight excluding hydrogens is 292 g/mol. The maximum atomic E-state index is 10.0. The molecule has 7 heteroatoms. The van der Waals surface area contributed by atoms with Crippen molar-refractivity contribution in [3.8, 4) is 17.0 Å². The molecule has 1 aromatic heterocycles. The van der Waals surface area contributed by atoms with Crippen LogP contribution in [0.1, 0.15) is 20.8 Å². The molecule has 0 aliphatic carbocycles. The van der Waals surface area contributed by atoms with Crippen molar-refractivity contribution in [3.63, 3.8) is 0 Å². The van der Waals surface area contributed by atoms with Gasteiger partial charge in [0.2, 0.25) is 0 Å². The van der Waals surface area contributed by atoms with Crippen LogP contribution in [0, 0.1) is 5.41 Å². The summed E-state index contributed by atoms with van der Waals surface area (Å²) in [6, 6.07) is 5.04. The fourth-order valence-electron chi connectivity index (χ4n) is 1.86. The number of nitrogens with zero attached hydrogens (tertiary/aromatic N) is 2. The molecule has 0 saturated heterocycles. The second kappa shape index (κ2) is 5.91. The molecule has 0 aliphatic rings. The predicted molar refractivity (Wildman–Crippen MR) is 75.7 cm³/mol. The zero-order valence-corrected chi connectivity index (χ0v) is 13.3. The maximum absolute atomic E-state index is 10.0. The summed E-state index contributed by atoms with van der Waals surface area (Å²) in [6.45, 7) is 5.69. The summed E-state index contributed by atoms with van der Waals surface area (Å²) in [4.78, 5) is 0. The molecule has 0 aliphatic heterocycles. The van der Waals surface area contributed by atoms with Crippen molar-refractivity contribution >= 4 is 23.2 Å². The van der Waals surface area contributed by atoms with E-state index in [1.165, 1.54) is 4.68 Å². The van der Waals surface area contributed by atoms with Gasteiger partial charge in [-0.25, -0.2) is 0 Å². The standard InChI is InChI=1S/C13H14Cl2N3O.Li/c1-13(2,3)18-11(16)10(12(19)17-18)9-7(14)5-4-6-8(9)15;/h4-6H,1-3H3,(H2-,16,17,19);/q-1;+1. The van der Waals surface area contributed by atoms with Crippen LogP contribution in [-0.2, 0) is 5.54 Å². The monoisotopic (exact) mass is 305 g/mol. The Kier molecular flexibility index (Phi) is 5.10. The minimum absolute atomic E-state index is 0. The Balaban J connectivity index is 0.00000200. The molecule has 4 nitrogen and oxygen atoms in total. The molecular formula is C13H14Cl2LiN3O. The smallest absolute Gasteiger partial charge is 0.562 e. The van der Waals surface area contributed by atoms with Gasteiger partial charge in [-0.3, -0.25) is 5.41 Å². The molecule has 2 N–H and O–H groups in total. The Labute approximate surface area is 139 Å². The first-order valence-electron chi connectivity index (χ1n) is 5.72. The van der Waals surface area contributed by atoms with E-state index in [4.69, 9.17) is 28.6 Å². The molecule has 1 aromatic carbocycles. The number of hydrogen-bond acceptors (Lipinski definition) is 2. The van der Waals surface area contributed by atoms with Gasteiger partial charge in [-0.1, -0.05) is 29.3 Å². The van der Waals surface area contributed by atoms with E-state index in [9.17, 15) is 5.11 Å². The van der Waals surface area contributed by atoms with Gasteiger partial charge in [0, 0.05) is 22.5 Å². The Morgan fingerprint density at radius 1 is 1.15 bits per heavy atom. The molecule has 0 spiro atoms. The van der Waals surface area contributed by atoms with Crippen LogP contribution >= 0.6 is 23.2 Å². The first-order chi connectivity index (χ1) is 8.73. The van der Waals surface area contributed by atoms with Crippen LogP contribution in [0.25, 0.3) is 11.1 Å². The van der Waals surface area contributed by atoms with Crippen molar-refractivity contribution in [2.45, 2.75) is 26.3 Å². The van der Waals surface area contributed by atoms with Crippen molar-refractivity contribution in [2.24, 2.45) is 0 Å². The second-order valence-corrected chi connectivity index (χ2v) is 6.04. The third-order valence-corrected chi connectivity index (χ3v) is 3.35. The van der Waals surface area contributed by atoms with E-state index in [1.54, 1.807) is 18.2 Å². The van der Waals surface area contributed by atoms with Crippen molar-refractivity contribution in [1.82, 2.24) is 9.78 Å². The van der Waals surface area contributed by atoms with Gasteiger partial charge in [0.25, 0.3) is 0 Å². The van der Waals surface area contributed by atoms with Crippen molar-refractivity contribution in [2.75, 3.05) is 0 Å². The molecule has 2 aromatic rings. The van der Waals surface area contributed by atoms with E-state index in [-0.39, 0.29) is 35.8 Å². The molecule has 2 rings (SSSR count). The molecule has 0 atom stereocenters. The second-order valence-electron chi connectivity index (χ2n) is 5.23. The Morgan fingerprint density at radius 2 is 1.65 bits per heavy atom. The van der Waals surface area contributed by atoms with Crippen LogP contribution in [0.3, 0.4) is 0 Å². The van der Waals surface area contributed by atoms with Crippen molar-refractivity contribution in [3.05, 3.63) is 33.7 Å². The molecule has 0 radical (unpaired) electrons. The normalized spacial score (nSPS) is 11.2. The number of nitrogens with one attached hydrogen (secondary N) is 1. The quantitative estimate of drug-likeness (QED) is 0.748. The fourth-order valence-corrected chi connectivity index (χ4v) is 2.45. The van der Waals surface area contributed by atoms with E-state index in [1.807, 2.05) is 20.8 Å². The van der Waals surface area contributed by atoms with Crippen molar-refractivity contribution < 1.29 is 24.0 Å². The molecule has 0 amide bonds. The minimum atomic E-state index is -0.416. The van der Waals surface area contributed by atoms with Gasteiger partial charge in [0.15, 0.2) is 0 Å². The maximum Gasteiger partial charge on any atom is 1.00 e. The summed E-state index contributed by atoms with van der Waals surface area (Å²) in [5, 5.41) is 23.0. The average Bonchev–Trinajstić information content (AvgIpc) is 2.56. The van der Waals surface area contributed by atoms with Crippen LogP contribution in [0.5, 0.6) is 5.88 Å². The Hall–Kier alpha value is -0.793. The van der Waals surface area contributed by atoms with E-state index in [0.717, 1.165) is 0 Å². The summed E-state index contributed by atoms with van der Waals surface area (Å²) in [5.41, 5.74) is 0.356. The van der Waals surface area contributed by atoms with Gasteiger partial charge >= 0.3 is 18.9 Å². The van der Waals surface area contributed by atoms with Gasteiger partial charge in [-0.15, -0.1) is 0 Å². The summed E-state index contributed by atoms with van der Waals surface area (Å²) in [6.07, 6.45) is 0. The van der Waals surface area contributed by atoms with Crippen LogP contribution in [0.2, 0.25) is 10.0 Å². The third-order valence-electron chi connectivity index (χ3n) is 2.72. The van der Waals surface area contributed by atoms with Gasteiger partial charge in [0.05, 0.1) is 10.0 Å². The van der Waals surface area contributed by atoms with Crippen molar-refractivity contribution in [1.29, 1.82) is 5.41 Å². The molecule has 0 bridgehead atoms. The number of aromatic nitrogens is 2. The van der Waals surface area contributed by atoms with Crippen LogP contribution < -0.4 is 29.4 Å². The van der Waals surface area contributed by atoms with Crippen LogP contribution in [0.4, 0.5) is 0 Å². The summed E-state index contributed by atoms with van der Waals surface area (Å²) >= 11 is 12.2. The minimum Gasteiger partial charge on any atom is -0.562 e. The molecule has 0 saturated carbocycles. The SMILES string of the molecule is CC(C)(C)n1[n-]c(O)c(-c2c(Cl)cccc2Cl)c1=N.[Li+]. The first-order valence-corrected chi connectivity index (χ1v) is 6.47. The number of hydrogen-bond donors (Lipinski definition) is 2. The molecule has 0 unspecified atom stereocenters. The van der Waals surface area contributed by atoms with Gasteiger partial charge in [-0.05, 0) is 32.9 Å².